The molecule has 0 saturated carbocycles. The van der Waals surface area contributed by atoms with Gasteiger partial charge >= 0.3 is 0 Å². The Morgan fingerprint density at radius 3 is 2.29 bits per heavy atom. The highest BCUT2D eigenvalue weighted by Gasteiger charge is 2.01. The van der Waals surface area contributed by atoms with Crippen molar-refractivity contribution in [2.45, 2.75) is 6.92 Å². The Labute approximate surface area is 119 Å². The van der Waals surface area contributed by atoms with Crippen LogP contribution in [-0.2, 0) is 0 Å². The van der Waals surface area contributed by atoms with E-state index in [1.54, 1.807) is 0 Å². The predicted octanol–water partition coefficient (Wildman–Crippen LogP) is 5.75. The van der Waals surface area contributed by atoms with E-state index in [4.69, 9.17) is 0 Å². The highest BCUT2D eigenvalue weighted by Crippen LogP contribution is 2.25. The Morgan fingerprint density at radius 1 is 0.941 bits per heavy atom. The second kappa shape index (κ2) is 5.65. The lowest BCUT2D eigenvalue weighted by atomic mass is 10.00. The van der Waals surface area contributed by atoms with Crippen LogP contribution in [0.4, 0.5) is 0 Å². The lowest BCUT2D eigenvalue weighted by molar-refractivity contribution is 1.44. The van der Waals surface area contributed by atoms with Crippen molar-refractivity contribution in [3.63, 3.8) is 0 Å². The molecule has 0 heterocycles. The van der Waals surface area contributed by atoms with Crippen molar-refractivity contribution in [1.82, 2.24) is 0 Å². The molecule has 0 aliphatic heterocycles. The summed E-state index contributed by atoms with van der Waals surface area (Å²) in [7, 11) is 0. The molecular formula is C15H12Br2. The molecule has 0 amide bonds. The first-order valence-corrected chi connectivity index (χ1v) is 6.94. The monoisotopic (exact) mass is 350 g/mol. The van der Waals surface area contributed by atoms with Gasteiger partial charge in [-0.3, -0.25) is 0 Å². The van der Waals surface area contributed by atoms with E-state index < -0.39 is 0 Å². The maximum absolute atomic E-state index is 3.40. The molecule has 0 aliphatic rings. The summed E-state index contributed by atoms with van der Waals surface area (Å²) >= 11 is 6.81. The molecule has 2 aromatic carbocycles. The van der Waals surface area contributed by atoms with Gasteiger partial charge in [-0.05, 0) is 73.2 Å². The van der Waals surface area contributed by atoms with Crippen LogP contribution in [0.1, 0.15) is 11.1 Å². The van der Waals surface area contributed by atoms with Crippen LogP contribution in [0.3, 0.4) is 0 Å². The molecule has 0 radical (unpaired) electrons. The first kappa shape index (κ1) is 12.6. The van der Waals surface area contributed by atoms with Gasteiger partial charge in [0.2, 0.25) is 0 Å². The molecule has 0 saturated heterocycles. The van der Waals surface area contributed by atoms with Crippen LogP contribution >= 0.6 is 31.9 Å². The van der Waals surface area contributed by atoms with Gasteiger partial charge in [0.15, 0.2) is 0 Å². The zero-order chi connectivity index (χ0) is 12.3. The van der Waals surface area contributed by atoms with Crippen molar-refractivity contribution in [2.75, 3.05) is 0 Å². The fourth-order valence-corrected chi connectivity index (χ4v) is 2.22. The van der Waals surface area contributed by atoms with Crippen molar-refractivity contribution < 1.29 is 0 Å². The Hall–Kier alpha value is -0.860. The summed E-state index contributed by atoms with van der Waals surface area (Å²) in [6.07, 6.45) is 2.07. The SMILES string of the molecule is Cc1ccc(-c2ccccc2)cc1C=C(Br)Br. The van der Waals surface area contributed by atoms with Gasteiger partial charge in [0, 0.05) is 0 Å². The average molecular weight is 352 g/mol. The fraction of sp³-hybridized carbons (Fsp3) is 0.0667. The van der Waals surface area contributed by atoms with E-state index in [1.807, 2.05) is 6.07 Å². The number of benzene rings is 2. The summed E-state index contributed by atoms with van der Waals surface area (Å²) in [6, 6.07) is 16.9. The Bertz CT molecular complexity index is 538. The van der Waals surface area contributed by atoms with Gasteiger partial charge in [-0.2, -0.15) is 0 Å². The summed E-state index contributed by atoms with van der Waals surface area (Å²) in [6.45, 7) is 2.11. The van der Waals surface area contributed by atoms with E-state index in [-0.39, 0.29) is 0 Å². The molecule has 0 aromatic heterocycles. The Balaban J connectivity index is 2.48. The maximum Gasteiger partial charge on any atom is 0.0610 e. The van der Waals surface area contributed by atoms with Crippen LogP contribution in [0, 0.1) is 6.92 Å². The third kappa shape index (κ3) is 3.30. The van der Waals surface area contributed by atoms with Crippen LogP contribution in [0.5, 0.6) is 0 Å². The third-order valence-corrected chi connectivity index (χ3v) is 3.11. The lowest BCUT2D eigenvalue weighted by Gasteiger charge is -2.06. The van der Waals surface area contributed by atoms with Gasteiger partial charge < -0.3 is 0 Å². The van der Waals surface area contributed by atoms with E-state index in [2.05, 4.69) is 87.3 Å². The summed E-state index contributed by atoms with van der Waals surface area (Å²) in [5.74, 6) is 0. The van der Waals surface area contributed by atoms with Crippen LogP contribution in [0.25, 0.3) is 17.2 Å². The number of halogens is 2. The summed E-state index contributed by atoms with van der Waals surface area (Å²) in [5.41, 5.74) is 4.97. The minimum Gasteiger partial charge on any atom is -0.0622 e. The van der Waals surface area contributed by atoms with Crippen molar-refractivity contribution in [2.24, 2.45) is 0 Å². The second-order valence-corrected chi connectivity index (χ2v) is 6.64. The molecule has 86 valence electrons. The second-order valence-electron chi connectivity index (χ2n) is 3.87. The minimum atomic E-state index is 0.957. The predicted molar refractivity (Wildman–Crippen MR) is 82.4 cm³/mol. The van der Waals surface area contributed by atoms with E-state index in [0.717, 1.165) is 3.39 Å². The molecule has 17 heavy (non-hydrogen) atoms. The number of aryl methyl sites for hydroxylation is 1. The van der Waals surface area contributed by atoms with E-state index in [0.29, 0.717) is 0 Å². The molecule has 2 aromatic rings. The van der Waals surface area contributed by atoms with Crippen molar-refractivity contribution in [3.8, 4) is 11.1 Å². The van der Waals surface area contributed by atoms with Gasteiger partial charge in [-0.1, -0.05) is 42.5 Å². The van der Waals surface area contributed by atoms with E-state index in [1.165, 1.54) is 22.3 Å². The molecule has 2 heteroatoms. The zero-order valence-electron chi connectivity index (χ0n) is 9.45. The smallest absolute Gasteiger partial charge is 0.0610 e. The largest absolute Gasteiger partial charge is 0.0622 e. The Morgan fingerprint density at radius 2 is 1.65 bits per heavy atom. The minimum absolute atomic E-state index is 0.957. The van der Waals surface area contributed by atoms with Crippen LogP contribution < -0.4 is 0 Å². The standard InChI is InChI=1S/C15H12Br2/c1-11-7-8-13(9-14(11)10-15(16)17)12-5-3-2-4-6-12/h2-10H,1H3. The van der Waals surface area contributed by atoms with Gasteiger partial charge in [-0.25, -0.2) is 0 Å². The molecule has 0 nitrogen and oxygen atoms in total. The number of hydrogen-bond acceptors (Lipinski definition) is 0. The van der Waals surface area contributed by atoms with Crippen molar-refractivity contribution in [3.05, 3.63) is 63.0 Å². The molecule has 0 spiro atoms. The summed E-state index contributed by atoms with van der Waals surface area (Å²) in [5, 5.41) is 0. The quantitative estimate of drug-likeness (QED) is 0.646. The third-order valence-electron chi connectivity index (χ3n) is 2.65. The van der Waals surface area contributed by atoms with Crippen LogP contribution in [0.15, 0.2) is 51.9 Å². The van der Waals surface area contributed by atoms with E-state index in [9.17, 15) is 0 Å². The fourth-order valence-electron chi connectivity index (χ4n) is 1.72. The first-order valence-electron chi connectivity index (χ1n) is 5.35. The Kier molecular flexibility index (Phi) is 4.19. The molecule has 0 N–H and O–H groups in total. The van der Waals surface area contributed by atoms with Gasteiger partial charge in [0.1, 0.15) is 0 Å². The highest BCUT2D eigenvalue weighted by atomic mass is 79.9. The summed E-state index contributed by atoms with van der Waals surface area (Å²) < 4.78 is 0.957. The molecule has 0 atom stereocenters. The molecular weight excluding hydrogens is 340 g/mol. The molecule has 0 aliphatic carbocycles. The van der Waals surface area contributed by atoms with Crippen molar-refractivity contribution in [1.29, 1.82) is 0 Å². The normalized spacial score (nSPS) is 10.1. The lowest BCUT2D eigenvalue weighted by Crippen LogP contribution is -1.83. The topological polar surface area (TPSA) is 0 Å². The number of rotatable bonds is 2. The van der Waals surface area contributed by atoms with Gasteiger partial charge in [-0.15, -0.1) is 0 Å². The van der Waals surface area contributed by atoms with Crippen LogP contribution in [0.2, 0.25) is 0 Å². The van der Waals surface area contributed by atoms with Crippen molar-refractivity contribution >= 4 is 37.9 Å². The zero-order valence-corrected chi connectivity index (χ0v) is 12.6. The van der Waals surface area contributed by atoms with Gasteiger partial charge in [0.05, 0.1) is 3.39 Å². The summed E-state index contributed by atoms with van der Waals surface area (Å²) in [4.78, 5) is 0. The average Bonchev–Trinajstić information content (AvgIpc) is 2.32. The van der Waals surface area contributed by atoms with Crippen LogP contribution in [-0.4, -0.2) is 0 Å². The number of hydrogen-bond donors (Lipinski definition) is 0. The van der Waals surface area contributed by atoms with E-state index >= 15 is 0 Å². The molecule has 0 bridgehead atoms. The molecule has 0 unspecified atom stereocenters. The van der Waals surface area contributed by atoms with Gasteiger partial charge in [0.25, 0.3) is 0 Å². The maximum atomic E-state index is 3.40. The highest BCUT2D eigenvalue weighted by molar-refractivity contribution is 9.28. The molecule has 0 fully saturated rings. The first-order chi connectivity index (χ1) is 8.16. The molecule has 2 rings (SSSR count).